The van der Waals surface area contributed by atoms with Crippen LogP contribution in [0.5, 0.6) is 5.75 Å². The molecule has 8 heteroatoms. The van der Waals surface area contributed by atoms with E-state index >= 15 is 0 Å². The van der Waals surface area contributed by atoms with Gasteiger partial charge in [0.05, 0.1) is 17.9 Å². The molecule has 1 aromatic heterocycles. The molecule has 2 N–H and O–H groups in total. The molecular weight excluding hydrogens is 299 g/mol. The average molecular weight is 316 g/mol. The van der Waals surface area contributed by atoms with E-state index in [1.54, 1.807) is 19.9 Å². The number of nitrogen functional groups attached to an aromatic ring is 1. The Kier molecular flexibility index (Phi) is 4.99. The monoisotopic (exact) mass is 316 g/mol. The fourth-order valence-electron chi connectivity index (χ4n) is 1.71. The Balaban J connectivity index is 2.17. The van der Waals surface area contributed by atoms with Gasteiger partial charge in [0.1, 0.15) is 11.3 Å². The molecule has 1 aromatic carbocycles. The molecular formula is C12H17N2O4PS. The number of aromatic nitrogens is 1. The van der Waals surface area contributed by atoms with Crippen LogP contribution in [-0.4, -0.2) is 24.5 Å². The first-order chi connectivity index (χ1) is 9.58. The maximum Gasteiger partial charge on any atom is 0.367 e. The number of ether oxygens (including phenoxy) is 1. The number of nitrogens with two attached hydrogens (primary N) is 1. The third-order valence-corrected chi connectivity index (χ3v) is 5.03. The largest absolute Gasteiger partial charge is 0.479 e. The summed E-state index contributed by atoms with van der Waals surface area (Å²) in [5.74, 6) is 0.523. The van der Waals surface area contributed by atoms with Gasteiger partial charge in [0.15, 0.2) is 11.5 Å². The van der Waals surface area contributed by atoms with Crippen molar-refractivity contribution in [2.75, 3.05) is 25.3 Å². The van der Waals surface area contributed by atoms with Gasteiger partial charge in [-0.3, -0.25) is 4.57 Å². The summed E-state index contributed by atoms with van der Waals surface area (Å²) in [6.07, 6.45) is -0.148. The van der Waals surface area contributed by atoms with Crippen LogP contribution in [0.2, 0.25) is 0 Å². The molecule has 0 unspecified atom stereocenters. The molecule has 0 aliphatic rings. The van der Waals surface area contributed by atoms with Crippen LogP contribution < -0.4 is 10.5 Å². The van der Waals surface area contributed by atoms with Crippen molar-refractivity contribution in [3.8, 4) is 5.75 Å². The zero-order valence-electron chi connectivity index (χ0n) is 11.4. The first-order valence-electron chi connectivity index (χ1n) is 6.24. The van der Waals surface area contributed by atoms with Crippen LogP contribution in [0.1, 0.15) is 13.8 Å². The summed E-state index contributed by atoms with van der Waals surface area (Å²) in [7, 11) is -3.23. The van der Waals surface area contributed by atoms with E-state index in [1.165, 1.54) is 11.3 Å². The summed E-state index contributed by atoms with van der Waals surface area (Å²) in [5.41, 5.74) is 6.35. The molecule has 0 spiro atoms. The quantitative estimate of drug-likeness (QED) is 0.787. The highest BCUT2D eigenvalue weighted by molar-refractivity contribution is 7.53. The molecule has 0 amide bonds. The minimum Gasteiger partial charge on any atom is -0.479 e. The zero-order chi connectivity index (χ0) is 14.6. The molecule has 0 bridgehead atoms. The number of anilines is 1. The second-order valence-electron chi connectivity index (χ2n) is 3.87. The second kappa shape index (κ2) is 6.54. The zero-order valence-corrected chi connectivity index (χ0v) is 13.1. The highest BCUT2D eigenvalue weighted by Crippen LogP contribution is 2.48. The molecule has 0 saturated heterocycles. The van der Waals surface area contributed by atoms with Crippen molar-refractivity contribution in [1.29, 1.82) is 0 Å². The molecule has 110 valence electrons. The summed E-state index contributed by atoms with van der Waals surface area (Å²) < 4.78 is 29.2. The van der Waals surface area contributed by atoms with Crippen molar-refractivity contribution in [3.63, 3.8) is 0 Å². The lowest BCUT2D eigenvalue weighted by molar-refractivity contribution is 0.197. The van der Waals surface area contributed by atoms with Crippen LogP contribution in [0, 0.1) is 0 Å². The number of nitrogens with zero attached hydrogens (tertiary/aromatic N) is 1. The van der Waals surface area contributed by atoms with Crippen molar-refractivity contribution in [1.82, 2.24) is 4.98 Å². The molecule has 2 rings (SSSR count). The lowest BCUT2D eigenvalue weighted by atomic mass is 10.3. The smallest absolute Gasteiger partial charge is 0.367 e. The van der Waals surface area contributed by atoms with E-state index in [1.807, 2.05) is 12.1 Å². The van der Waals surface area contributed by atoms with E-state index in [9.17, 15) is 4.57 Å². The van der Waals surface area contributed by atoms with E-state index in [0.29, 0.717) is 29.6 Å². The number of fused-ring (bicyclic) bond motifs is 1. The Morgan fingerprint density at radius 2 is 2.00 bits per heavy atom. The highest BCUT2D eigenvalue weighted by atomic mass is 32.1. The van der Waals surface area contributed by atoms with E-state index in [2.05, 4.69) is 4.98 Å². The first kappa shape index (κ1) is 15.3. The lowest BCUT2D eigenvalue weighted by Crippen LogP contribution is -2.05. The van der Waals surface area contributed by atoms with Crippen LogP contribution in [0.3, 0.4) is 0 Å². The number of thiazole rings is 1. The lowest BCUT2D eigenvalue weighted by Gasteiger charge is -2.17. The summed E-state index contributed by atoms with van der Waals surface area (Å²) in [6, 6.07) is 5.49. The van der Waals surface area contributed by atoms with Gasteiger partial charge in [-0.05, 0) is 26.0 Å². The number of para-hydroxylation sites is 1. The standard InChI is InChI=1S/C12H17N2O4PS/c1-3-17-19(15,18-4-2)8-16-9-6-5-7-10-11(9)14-12(13)20-10/h5-7H,3-4,8H2,1-2H3,(H2,13,14). The maximum atomic E-state index is 12.3. The van der Waals surface area contributed by atoms with Gasteiger partial charge in [0.2, 0.25) is 0 Å². The van der Waals surface area contributed by atoms with Gasteiger partial charge in [-0.15, -0.1) is 0 Å². The summed E-state index contributed by atoms with van der Waals surface area (Å²) >= 11 is 1.38. The Bertz CT molecular complexity index is 621. The molecule has 20 heavy (non-hydrogen) atoms. The molecule has 0 fully saturated rings. The van der Waals surface area contributed by atoms with Gasteiger partial charge < -0.3 is 19.5 Å². The van der Waals surface area contributed by atoms with Gasteiger partial charge in [-0.25, -0.2) is 4.98 Å². The van der Waals surface area contributed by atoms with E-state index in [-0.39, 0.29) is 6.35 Å². The van der Waals surface area contributed by atoms with E-state index in [0.717, 1.165) is 4.70 Å². The van der Waals surface area contributed by atoms with E-state index in [4.69, 9.17) is 19.5 Å². The molecule has 1 heterocycles. The van der Waals surface area contributed by atoms with Gasteiger partial charge in [-0.2, -0.15) is 0 Å². The fourth-order valence-corrected chi connectivity index (χ4v) is 3.77. The van der Waals surface area contributed by atoms with Crippen LogP contribution in [0.4, 0.5) is 5.13 Å². The minimum absolute atomic E-state index is 0.148. The molecule has 6 nitrogen and oxygen atoms in total. The van der Waals surface area contributed by atoms with Gasteiger partial charge in [0.25, 0.3) is 0 Å². The van der Waals surface area contributed by atoms with Gasteiger partial charge in [0, 0.05) is 0 Å². The Morgan fingerprint density at radius 1 is 1.30 bits per heavy atom. The van der Waals surface area contributed by atoms with Crippen molar-refractivity contribution < 1.29 is 18.3 Å². The molecule has 0 radical (unpaired) electrons. The fraction of sp³-hybridized carbons (Fsp3) is 0.417. The first-order valence-corrected chi connectivity index (χ1v) is 8.78. The average Bonchev–Trinajstić information content (AvgIpc) is 2.77. The van der Waals surface area contributed by atoms with Crippen molar-refractivity contribution in [2.45, 2.75) is 13.8 Å². The highest BCUT2D eigenvalue weighted by Gasteiger charge is 2.25. The normalized spacial score (nSPS) is 11.9. The third kappa shape index (κ3) is 3.49. The second-order valence-corrected chi connectivity index (χ2v) is 6.93. The molecule has 0 saturated carbocycles. The third-order valence-electron chi connectivity index (χ3n) is 2.43. The Hall–Kier alpha value is -1.14. The Morgan fingerprint density at radius 3 is 2.65 bits per heavy atom. The number of rotatable bonds is 7. The molecule has 0 aliphatic carbocycles. The van der Waals surface area contributed by atoms with Gasteiger partial charge >= 0.3 is 7.60 Å². The summed E-state index contributed by atoms with van der Waals surface area (Å²) in [5, 5.41) is 0.467. The minimum atomic E-state index is -3.23. The molecule has 0 aliphatic heterocycles. The van der Waals surface area contributed by atoms with Crippen LogP contribution in [0.15, 0.2) is 18.2 Å². The van der Waals surface area contributed by atoms with Gasteiger partial charge in [-0.1, -0.05) is 17.4 Å². The van der Waals surface area contributed by atoms with E-state index < -0.39 is 7.60 Å². The van der Waals surface area contributed by atoms with Crippen LogP contribution in [0.25, 0.3) is 10.2 Å². The SMILES string of the molecule is CCOP(=O)(COc1cccc2sc(N)nc12)OCC. The maximum absolute atomic E-state index is 12.3. The van der Waals surface area contributed by atoms with Crippen LogP contribution in [-0.2, 0) is 13.6 Å². The van der Waals surface area contributed by atoms with Crippen molar-refractivity contribution in [2.24, 2.45) is 0 Å². The topological polar surface area (TPSA) is 83.7 Å². The Labute approximate surface area is 121 Å². The molecule has 2 aromatic rings. The predicted molar refractivity (Wildman–Crippen MR) is 80.4 cm³/mol. The number of hydrogen-bond acceptors (Lipinski definition) is 7. The number of benzene rings is 1. The summed E-state index contributed by atoms with van der Waals surface area (Å²) in [4.78, 5) is 4.21. The van der Waals surface area contributed by atoms with Crippen molar-refractivity contribution in [3.05, 3.63) is 18.2 Å². The van der Waals surface area contributed by atoms with Crippen LogP contribution >= 0.6 is 18.9 Å². The summed E-state index contributed by atoms with van der Waals surface area (Å²) in [6.45, 7) is 4.12. The van der Waals surface area contributed by atoms with Crippen molar-refractivity contribution >= 4 is 34.3 Å². The molecule has 0 atom stereocenters. The number of hydrogen-bond donors (Lipinski definition) is 1. The predicted octanol–water partition coefficient (Wildman–Crippen LogP) is 3.48.